The molecule has 2 N–H and O–H groups in total. The lowest BCUT2D eigenvalue weighted by Gasteiger charge is -2.32. The van der Waals surface area contributed by atoms with E-state index < -0.39 is 0 Å². The fraction of sp³-hybridized carbons (Fsp3) is 0.382. The Morgan fingerprint density at radius 3 is 2.55 bits per heavy atom. The Hall–Kier alpha value is -2.91. The summed E-state index contributed by atoms with van der Waals surface area (Å²) < 4.78 is 13.8. The van der Waals surface area contributed by atoms with Crippen LogP contribution in [0.5, 0.6) is 11.5 Å². The molecule has 0 unspecified atom stereocenters. The number of amides is 1. The average molecular weight is 649 g/mol. The minimum absolute atomic E-state index is 0.110. The molecule has 2 saturated heterocycles. The van der Waals surface area contributed by atoms with Gasteiger partial charge >= 0.3 is 0 Å². The van der Waals surface area contributed by atoms with E-state index in [0.29, 0.717) is 12.5 Å². The summed E-state index contributed by atoms with van der Waals surface area (Å²) in [6.45, 7) is 4.90. The molecule has 0 radical (unpaired) electrons. The van der Waals surface area contributed by atoms with Crippen molar-refractivity contribution in [2.45, 2.75) is 50.8 Å². The molecule has 0 bridgehead atoms. The van der Waals surface area contributed by atoms with Crippen LogP contribution in [0.4, 0.5) is 0 Å². The highest BCUT2D eigenvalue weighted by Crippen LogP contribution is 2.35. The maximum Gasteiger partial charge on any atom is 0.225 e. The molecular weight excluding hydrogens is 610 g/mol. The van der Waals surface area contributed by atoms with Crippen molar-refractivity contribution in [3.05, 3.63) is 81.6 Å². The summed E-state index contributed by atoms with van der Waals surface area (Å²) in [5.74, 6) is 1.89. The van der Waals surface area contributed by atoms with Crippen molar-refractivity contribution < 1.29 is 14.3 Å². The number of methoxy groups -OCH3 is 1. The molecule has 0 saturated carbocycles. The predicted molar refractivity (Wildman–Crippen MR) is 175 cm³/mol. The number of ether oxygens (including phenoxy) is 2. The molecule has 3 heterocycles. The molecule has 2 aliphatic rings. The molecule has 220 valence electrons. The van der Waals surface area contributed by atoms with Gasteiger partial charge in [0.15, 0.2) is 0 Å². The first-order chi connectivity index (χ1) is 20.5. The van der Waals surface area contributed by atoms with Gasteiger partial charge in [0.1, 0.15) is 17.6 Å². The minimum Gasteiger partial charge on any atom is -0.497 e. The van der Waals surface area contributed by atoms with E-state index in [2.05, 4.69) is 86.1 Å². The second-order valence-electron chi connectivity index (χ2n) is 11.3. The summed E-state index contributed by atoms with van der Waals surface area (Å²) in [7, 11) is 1.68. The third-order valence-electron chi connectivity index (χ3n) is 8.28. The van der Waals surface area contributed by atoms with Crippen molar-refractivity contribution >= 4 is 43.3 Å². The number of benzene rings is 3. The molecule has 1 aromatic heterocycles. The number of likely N-dealkylation sites (tertiary alicyclic amines) is 1. The number of hydrogen-bond acceptors (Lipinski definition) is 6. The van der Waals surface area contributed by atoms with Crippen molar-refractivity contribution in [2.24, 2.45) is 0 Å². The number of halogens is 1. The third-order valence-corrected chi connectivity index (χ3v) is 10.0. The second kappa shape index (κ2) is 13.6. The fourth-order valence-corrected chi connectivity index (χ4v) is 7.59. The van der Waals surface area contributed by atoms with Crippen molar-refractivity contribution in [2.75, 3.05) is 33.3 Å². The van der Waals surface area contributed by atoms with Crippen LogP contribution in [0, 0.1) is 0 Å². The van der Waals surface area contributed by atoms with Crippen molar-refractivity contribution in [1.29, 1.82) is 0 Å². The Morgan fingerprint density at radius 1 is 1.02 bits per heavy atom. The number of rotatable bonds is 9. The van der Waals surface area contributed by atoms with Crippen LogP contribution in [0.1, 0.15) is 36.1 Å². The number of hydrogen-bond donors (Lipinski definition) is 2. The Morgan fingerprint density at radius 2 is 1.81 bits per heavy atom. The van der Waals surface area contributed by atoms with Gasteiger partial charge in [0.25, 0.3) is 0 Å². The second-order valence-corrected chi connectivity index (χ2v) is 13.3. The average Bonchev–Trinajstić information content (AvgIpc) is 3.42. The lowest BCUT2D eigenvalue weighted by atomic mass is 10.0. The maximum atomic E-state index is 13.0. The molecule has 2 fully saturated rings. The van der Waals surface area contributed by atoms with Gasteiger partial charge in [-0.3, -0.25) is 9.69 Å². The monoisotopic (exact) mass is 647 g/mol. The zero-order chi connectivity index (χ0) is 28.9. The van der Waals surface area contributed by atoms with Crippen LogP contribution in [-0.2, 0) is 17.8 Å². The highest BCUT2D eigenvalue weighted by atomic mass is 79.9. The molecule has 42 heavy (non-hydrogen) atoms. The molecule has 6 nitrogen and oxygen atoms in total. The van der Waals surface area contributed by atoms with E-state index in [1.54, 1.807) is 18.4 Å². The summed E-state index contributed by atoms with van der Waals surface area (Å²) in [6.07, 6.45) is 4.75. The number of carbonyl (C=O) groups excluding carboxylic acids is 1. The van der Waals surface area contributed by atoms with Crippen LogP contribution in [0.2, 0.25) is 0 Å². The number of nitrogens with zero attached hydrogens (tertiary/aromatic N) is 1. The topological polar surface area (TPSA) is 62.8 Å². The Kier molecular flexibility index (Phi) is 9.44. The molecule has 4 aromatic rings. The lowest BCUT2D eigenvalue weighted by molar-refractivity contribution is -0.121. The van der Waals surface area contributed by atoms with E-state index in [9.17, 15) is 4.79 Å². The Labute approximate surface area is 260 Å². The highest BCUT2D eigenvalue weighted by Gasteiger charge is 2.22. The molecule has 8 heteroatoms. The van der Waals surface area contributed by atoms with Crippen LogP contribution in [-0.4, -0.2) is 56.2 Å². The van der Waals surface area contributed by atoms with E-state index in [-0.39, 0.29) is 11.9 Å². The summed E-state index contributed by atoms with van der Waals surface area (Å²) in [6, 6.07) is 23.4. The Bertz CT molecular complexity index is 1510. The molecule has 6 rings (SSSR count). The van der Waals surface area contributed by atoms with Gasteiger partial charge in [-0.2, -0.15) is 0 Å². The van der Waals surface area contributed by atoms with Crippen LogP contribution in [0.25, 0.3) is 21.2 Å². The van der Waals surface area contributed by atoms with Gasteiger partial charge in [0.2, 0.25) is 5.91 Å². The standard InChI is InChI=1S/C34H38BrN3O3S/c1-40-26-8-6-24(7-9-26)29-3-2-4-33-30(29)20-28(42-33)21-34(39)37-25-13-17-38(18-14-25)22-23-5-10-32(31(35)19-23)41-27-11-15-36-16-12-27/h2-10,19-20,25,27,36H,11-18,21-22H2,1H3,(H,37,39). The van der Waals surface area contributed by atoms with Crippen LogP contribution in [0.3, 0.4) is 0 Å². The summed E-state index contributed by atoms with van der Waals surface area (Å²) >= 11 is 5.43. The molecule has 0 aliphatic carbocycles. The van der Waals surface area contributed by atoms with E-state index >= 15 is 0 Å². The number of carbonyl (C=O) groups is 1. The van der Waals surface area contributed by atoms with E-state index in [0.717, 1.165) is 84.8 Å². The van der Waals surface area contributed by atoms with E-state index in [4.69, 9.17) is 9.47 Å². The molecule has 1 amide bonds. The predicted octanol–water partition coefficient (Wildman–Crippen LogP) is 6.79. The normalized spacial score (nSPS) is 16.9. The van der Waals surface area contributed by atoms with Crippen LogP contribution >= 0.6 is 27.3 Å². The number of thiophene rings is 1. The smallest absolute Gasteiger partial charge is 0.225 e. The van der Waals surface area contributed by atoms with Crippen molar-refractivity contribution in [3.63, 3.8) is 0 Å². The van der Waals surface area contributed by atoms with Gasteiger partial charge in [-0.1, -0.05) is 30.3 Å². The largest absolute Gasteiger partial charge is 0.497 e. The van der Waals surface area contributed by atoms with Crippen LogP contribution in [0.15, 0.2) is 71.2 Å². The van der Waals surface area contributed by atoms with Gasteiger partial charge in [-0.15, -0.1) is 11.3 Å². The highest BCUT2D eigenvalue weighted by molar-refractivity contribution is 9.10. The van der Waals surface area contributed by atoms with Gasteiger partial charge < -0.3 is 20.1 Å². The van der Waals surface area contributed by atoms with Crippen molar-refractivity contribution in [1.82, 2.24) is 15.5 Å². The summed E-state index contributed by atoms with van der Waals surface area (Å²) in [4.78, 5) is 16.6. The molecule has 0 spiro atoms. The maximum absolute atomic E-state index is 13.0. The summed E-state index contributed by atoms with van der Waals surface area (Å²) in [5, 5.41) is 7.89. The molecule has 3 aromatic carbocycles. The van der Waals surface area contributed by atoms with E-state index in [1.165, 1.54) is 21.2 Å². The first-order valence-electron chi connectivity index (χ1n) is 14.9. The van der Waals surface area contributed by atoms with Crippen LogP contribution < -0.4 is 20.1 Å². The Balaban J connectivity index is 0.992. The molecule has 0 atom stereocenters. The fourth-order valence-electron chi connectivity index (χ4n) is 5.98. The van der Waals surface area contributed by atoms with Gasteiger partial charge in [0, 0.05) is 40.6 Å². The number of fused-ring (bicyclic) bond motifs is 1. The first kappa shape index (κ1) is 29.2. The van der Waals surface area contributed by atoms with Gasteiger partial charge in [-0.25, -0.2) is 0 Å². The SMILES string of the molecule is COc1ccc(-c2cccc3sc(CC(=O)NC4CCN(Cc5ccc(OC6CCNCC6)c(Br)c5)CC4)cc23)cc1. The van der Waals surface area contributed by atoms with Crippen molar-refractivity contribution in [3.8, 4) is 22.6 Å². The summed E-state index contributed by atoms with van der Waals surface area (Å²) in [5.41, 5.74) is 3.61. The zero-order valence-corrected chi connectivity index (χ0v) is 26.4. The van der Waals surface area contributed by atoms with Gasteiger partial charge in [-0.05, 0) is 108 Å². The lowest BCUT2D eigenvalue weighted by Crippen LogP contribution is -2.44. The molecule has 2 aliphatic heterocycles. The molecular formula is C34H38BrN3O3S. The quantitative estimate of drug-likeness (QED) is 0.209. The minimum atomic E-state index is 0.110. The van der Waals surface area contributed by atoms with E-state index in [1.807, 2.05) is 12.1 Å². The first-order valence-corrected chi connectivity index (χ1v) is 16.5. The third kappa shape index (κ3) is 7.17. The number of piperidine rings is 2. The zero-order valence-electron chi connectivity index (χ0n) is 24.0. The number of nitrogens with one attached hydrogen (secondary N) is 2. The van der Waals surface area contributed by atoms with Gasteiger partial charge in [0.05, 0.1) is 18.0 Å².